The van der Waals surface area contributed by atoms with E-state index in [2.05, 4.69) is 43.0 Å². The lowest BCUT2D eigenvalue weighted by Crippen LogP contribution is -2.50. The molecule has 3 rings (SSSR count). The molecule has 0 aromatic heterocycles. The minimum atomic E-state index is -0.185. The van der Waals surface area contributed by atoms with Crippen LogP contribution in [-0.4, -0.2) is 17.3 Å². The SMILES string of the molecule is CCC1(CC)CN(Cc2ccccc2)c2ccc(O)cc2O1. The topological polar surface area (TPSA) is 32.7 Å². The summed E-state index contributed by atoms with van der Waals surface area (Å²) in [5.74, 6) is 1.03. The molecule has 0 atom stereocenters. The number of benzene rings is 2. The van der Waals surface area contributed by atoms with Gasteiger partial charge < -0.3 is 14.7 Å². The highest BCUT2D eigenvalue weighted by Crippen LogP contribution is 2.42. The molecule has 0 saturated carbocycles. The van der Waals surface area contributed by atoms with E-state index in [-0.39, 0.29) is 11.4 Å². The van der Waals surface area contributed by atoms with Crippen LogP contribution in [0.15, 0.2) is 48.5 Å². The molecule has 2 aromatic carbocycles. The second-order valence-corrected chi connectivity index (χ2v) is 5.99. The lowest BCUT2D eigenvalue weighted by molar-refractivity contribution is 0.0568. The fourth-order valence-corrected chi connectivity index (χ4v) is 3.11. The Labute approximate surface area is 132 Å². The summed E-state index contributed by atoms with van der Waals surface area (Å²) >= 11 is 0. The van der Waals surface area contributed by atoms with Crippen LogP contribution in [0.25, 0.3) is 0 Å². The van der Waals surface area contributed by atoms with Gasteiger partial charge in [0.25, 0.3) is 0 Å². The van der Waals surface area contributed by atoms with Crippen molar-refractivity contribution in [3.63, 3.8) is 0 Å². The number of hydrogen-bond donors (Lipinski definition) is 1. The minimum Gasteiger partial charge on any atom is -0.508 e. The molecule has 3 nitrogen and oxygen atoms in total. The van der Waals surface area contributed by atoms with Crippen LogP contribution >= 0.6 is 0 Å². The molecular formula is C19H23NO2. The maximum atomic E-state index is 9.78. The summed E-state index contributed by atoms with van der Waals surface area (Å²) in [4.78, 5) is 2.36. The molecule has 2 aromatic rings. The van der Waals surface area contributed by atoms with Crippen LogP contribution in [0.2, 0.25) is 0 Å². The van der Waals surface area contributed by atoms with Gasteiger partial charge in [-0.1, -0.05) is 44.2 Å². The van der Waals surface area contributed by atoms with Gasteiger partial charge in [0, 0.05) is 12.6 Å². The molecule has 0 aliphatic carbocycles. The van der Waals surface area contributed by atoms with Crippen molar-refractivity contribution in [3.8, 4) is 11.5 Å². The van der Waals surface area contributed by atoms with Gasteiger partial charge in [0.2, 0.25) is 0 Å². The molecule has 116 valence electrons. The van der Waals surface area contributed by atoms with Gasteiger partial charge >= 0.3 is 0 Å². The van der Waals surface area contributed by atoms with E-state index in [4.69, 9.17) is 4.74 Å². The van der Waals surface area contributed by atoms with Gasteiger partial charge in [0.05, 0.1) is 12.2 Å². The van der Waals surface area contributed by atoms with Crippen LogP contribution in [0.1, 0.15) is 32.3 Å². The van der Waals surface area contributed by atoms with Crippen molar-refractivity contribution >= 4 is 5.69 Å². The summed E-state index contributed by atoms with van der Waals surface area (Å²) in [6.07, 6.45) is 1.90. The van der Waals surface area contributed by atoms with Crippen molar-refractivity contribution in [2.75, 3.05) is 11.4 Å². The van der Waals surface area contributed by atoms with Crippen molar-refractivity contribution in [3.05, 3.63) is 54.1 Å². The van der Waals surface area contributed by atoms with Gasteiger partial charge in [-0.15, -0.1) is 0 Å². The highest BCUT2D eigenvalue weighted by atomic mass is 16.5. The molecule has 3 heteroatoms. The molecule has 1 N–H and O–H groups in total. The second kappa shape index (κ2) is 5.91. The van der Waals surface area contributed by atoms with E-state index < -0.39 is 0 Å². The Hall–Kier alpha value is -2.16. The first-order valence-electron chi connectivity index (χ1n) is 7.97. The summed E-state index contributed by atoms with van der Waals surface area (Å²) in [5.41, 5.74) is 2.15. The Kier molecular flexibility index (Phi) is 3.97. The van der Waals surface area contributed by atoms with Crippen LogP contribution in [0.4, 0.5) is 5.69 Å². The van der Waals surface area contributed by atoms with Gasteiger partial charge in [-0.25, -0.2) is 0 Å². The van der Waals surface area contributed by atoms with E-state index in [0.29, 0.717) is 0 Å². The number of nitrogens with zero attached hydrogens (tertiary/aromatic N) is 1. The first-order valence-corrected chi connectivity index (χ1v) is 7.97. The van der Waals surface area contributed by atoms with Gasteiger partial charge in [-0.05, 0) is 30.5 Å². The quantitative estimate of drug-likeness (QED) is 0.910. The zero-order valence-corrected chi connectivity index (χ0v) is 13.2. The Bertz CT molecular complexity index is 635. The van der Waals surface area contributed by atoms with Gasteiger partial charge in [0.15, 0.2) is 0 Å². The lowest BCUT2D eigenvalue weighted by atomic mass is 9.93. The van der Waals surface area contributed by atoms with E-state index >= 15 is 0 Å². The standard InChI is InChI=1S/C19H23NO2/c1-3-19(4-2)14-20(13-15-8-6-5-7-9-15)17-11-10-16(21)12-18(17)22-19/h5-12,21H,3-4,13-14H2,1-2H3. The minimum absolute atomic E-state index is 0.185. The van der Waals surface area contributed by atoms with Gasteiger partial charge in [-0.3, -0.25) is 0 Å². The number of phenols is 1. The summed E-state index contributed by atoms with van der Waals surface area (Å²) in [7, 11) is 0. The molecule has 0 bridgehead atoms. The van der Waals surface area contributed by atoms with Crippen LogP contribution in [0.5, 0.6) is 11.5 Å². The van der Waals surface area contributed by atoms with E-state index in [9.17, 15) is 5.11 Å². The smallest absolute Gasteiger partial charge is 0.147 e. The Morgan fingerprint density at radius 2 is 1.82 bits per heavy atom. The molecule has 22 heavy (non-hydrogen) atoms. The monoisotopic (exact) mass is 297 g/mol. The summed E-state index contributed by atoms with van der Waals surface area (Å²) in [6.45, 7) is 6.05. The number of anilines is 1. The Morgan fingerprint density at radius 3 is 2.50 bits per heavy atom. The summed E-state index contributed by atoms with van der Waals surface area (Å²) < 4.78 is 6.26. The molecule has 0 saturated heterocycles. The second-order valence-electron chi connectivity index (χ2n) is 5.99. The number of hydrogen-bond acceptors (Lipinski definition) is 3. The van der Waals surface area contributed by atoms with Crippen molar-refractivity contribution in [1.29, 1.82) is 0 Å². The van der Waals surface area contributed by atoms with Crippen LogP contribution in [-0.2, 0) is 6.54 Å². The number of aromatic hydroxyl groups is 1. The van der Waals surface area contributed by atoms with E-state index in [1.165, 1.54) is 5.56 Å². The third-order valence-electron chi connectivity index (χ3n) is 4.59. The highest BCUT2D eigenvalue weighted by molar-refractivity contribution is 5.63. The first kappa shape index (κ1) is 14.8. The zero-order chi connectivity index (χ0) is 15.6. The van der Waals surface area contributed by atoms with E-state index in [0.717, 1.165) is 37.4 Å². The van der Waals surface area contributed by atoms with E-state index in [1.807, 2.05) is 12.1 Å². The average Bonchev–Trinajstić information content (AvgIpc) is 2.55. The predicted molar refractivity (Wildman–Crippen MR) is 89.5 cm³/mol. The maximum Gasteiger partial charge on any atom is 0.147 e. The summed E-state index contributed by atoms with van der Waals surface area (Å²) in [6, 6.07) is 15.9. The van der Waals surface area contributed by atoms with Crippen LogP contribution < -0.4 is 9.64 Å². The number of ether oxygens (including phenoxy) is 1. The third kappa shape index (κ3) is 2.76. The molecule has 0 amide bonds. The van der Waals surface area contributed by atoms with Crippen LogP contribution in [0.3, 0.4) is 0 Å². The van der Waals surface area contributed by atoms with Crippen LogP contribution in [0, 0.1) is 0 Å². The fourth-order valence-electron chi connectivity index (χ4n) is 3.11. The molecular weight excluding hydrogens is 274 g/mol. The predicted octanol–water partition coefficient (Wildman–Crippen LogP) is 4.35. The number of fused-ring (bicyclic) bond motifs is 1. The maximum absolute atomic E-state index is 9.78. The average molecular weight is 297 g/mol. The number of phenolic OH excluding ortho intramolecular Hbond substituents is 1. The normalized spacial score (nSPS) is 16.0. The van der Waals surface area contributed by atoms with Crippen molar-refractivity contribution in [2.45, 2.75) is 38.8 Å². The van der Waals surface area contributed by atoms with Gasteiger partial charge in [0.1, 0.15) is 17.1 Å². The molecule has 0 spiro atoms. The Morgan fingerprint density at radius 1 is 1.09 bits per heavy atom. The van der Waals surface area contributed by atoms with Crippen molar-refractivity contribution in [1.82, 2.24) is 0 Å². The molecule has 1 aliphatic rings. The largest absolute Gasteiger partial charge is 0.508 e. The van der Waals surface area contributed by atoms with Gasteiger partial charge in [-0.2, -0.15) is 0 Å². The fraction of sp³-hybridized carbons (Fsp3) is 0.368. The molecule has 1 heterocycles. The molecule has 0 fully saturated rings. The summed E-state index contributed by atoms with van der Waals surface area (Å²) in [5, 5.41) is 9.78. The molecule has 0 radical (unpaired) electrons. The number of rotatable bonds is 4. The highest BCUT2D eigenvalue weighted by Gasteiger charge is 2.37. The van der Waals surface area contributed by atoms with E-state index in [1.54, 1.807) is 12.1 Å². The Balaban J connectivity index is 1.97. The third-order valence-corrected chi connectivity index (χ3v) is 4.59. The lowest BCUT2D eigenvalue weighted by Gasteiger charge is -2.44. The molecule has 1 aliphatic heterocycles. The van der Waals surface area contributed by atoms with Crippen molar-refractivity contribution in [2.24, 2.45) is 0 Å². The first-order chi connectivity index (χ1) is 10.7. The molecule has 0 unspecified atom stereocenters. The zero-order valence-electron chi connectivity index (χ0n) is 13.2. The van der Waals surface area contributed by atoms with Crippen molar-refractivity contribution < 1.29 is 9.84 Å².